The molecule has 0 aromatic heterocycles. The summed E-state index contributed by atoms with van der Waals surface area (Å²) in [4.78, 5) is 0. The van der Waals surface area contributed by atoms with Gasteiger partial charge in [-0.1, -0.05) is 61.0 Å². The van der Waals surface area contributed by atoms with Crippen LogP contribution in [0.2, 0.25) is 10.0 Å². The standard InChI is InChI=1S/C22H27Cl2NO2/c1-26-22-13-16(14-25-18-6-4-2-3-5-7-18)9-11-21(22)27-15-17-8-10-19(23)20(24)12-17/h8-13,18,25H,2-7,14-15H2,1H3. The van der Waals surface area contributed by atoms with Crippen LogP contribution in [0, 0.1) is 0 Å². The van der Waals surface area contributed by atoms with Crippen molar-refractivity contribution in [2.75, 3.05) is 7.11 Å². The highest BCUT2D eigenvalue weighted by molar-refractivity contribution is 6.42. The number of ether oxygens (including phenoxy) is 2. The summed E-state index contributed by atoms with van der Waals surface area (Å²) in [5.41, 5.74) is 2.17. The highest BCUT2D eigenvalue weighted by atomic mass is 35.5. The molecule has 0 saturated heterocycles. The van der Waals surface area contributed by atoms with Crippen LogP contribution in [0.5, 0.6) is 11.5 Å². The van der Waals surface area contributed by atoms with Gasteiger partial charge < -0.3 is 14.8 Å². The lowest BCUT2D eigenvalue weighted by atomic mass is 10.1. The summed E-state index contributed by atoms with van der Waals surface area (Å²) >= 11 is 12.0. The van der Waals surface area contributed by atoms with E-state index in [9.17, 15) is 0 Å². The second-order valence-electron chi connectivity index (χ2n) is 7.09. The van der Waals surface area contributed by atoms with Gasteiger partial charge in [-0.05, 0) is 48.2 Å². The van der Waals surface area contributed by atoms with Gasteiger partial charge in [0.1, 0.15) is 6.61 Å². The number of methoxy groups -OCH3 is 1. The Morgan fingerprint density at radius 1 is 0.889 bits per heavy atom. The third-order valence-corrected chi connectivity index (χ3v) is 5.80. The van der Waals surface area contributed by atoms with Crippen molar-refractivity contribution >= 4 is 23.2 Å². The van der Waals surface area contributed by atoms with Crippen LogP contribution in [0.25, 0.3) is 0 Å². The molecule has 1 aliphatic rings. The highest BCUT2D eigenvalue weighted by Crippen LogP contribution is 2.30. The number of hydrogen-bond acceptors (Lipinski definition) is 3. The van der Waals surface area contributed by atoms with E-state index in [0.717, 1.165) is 23.6 Å². The minimum absolute atomic E-state index is 0.410. The zero-order chi connectivity index (χ0) is 19.1. The lowest BCUT2D eigenvalue weighted by Gasteiger charge is -2.17. The van der Waals surface area contributed by atoms with E-state index in [2.05, 4.69) is 11.4 Å². The number of hydrogen-bond donors (Lipinski definition) is 1. The maximum Gasteiger partial charge on any atom is 0.161 e. The number of rotatable bonds is 7. The van der Waals surface area contributed by atoms with Crippen molar-refractivity contribution in [3.05, 3.63) is 57.6 Å². The van der Waals surface area contributed by atoms with Crippen molar-refractivity contribution in [1.82, 2.24) is 5.32 Å². The average Bonchev–Trinajstić information content (AvgIpc) is 2.96. The molecule has 0 atom stereocenters. The summed E-state index contributed by atoms with van der Waals surface area (Å²) in [6, 6.07) is 12.3. The molecule has 1 fully saturated rings. The molecule has 0 aliphatic heterocycles. The van der Waals surface area contributed by atoms with Crippen molar-refractivity contribution in [2.45, 2.75) is 57.7 Å². The van der Waals surface area contributed by atoms with E-state index >= 15 is 0 Å². The van der Waals surface area contributed by atoms with Crippen LogP contribution in [0.4, 0.5) is 0 Å². The monoisotopic (exact) mass is 407 g/mol. The molecule has 2 aromatic carbocycles. The van der Waals surface area contributed by atoms with Crippen LogP contribution in [-0.4, -0.2) is 13.2 Å². The molecule has 3 nitrogen and oxygen atoms in total. The first-order chi connectivity index (χ1) is 13.2. The third kappa shape index (κ3) is 6.03. The van der Waals surface area contributed by atoms with Crippen LogP contribution in [0.1, 0.15) is 49.7 Å². The first kappa shape index (κ1) is 20.3. The summed E-state index contributed by atoms with van der Waals surface area (Å²) in [6.45, 7) is 1.26. The molecule has 3 rings (SSSR count). The summed E-state index contributed by atoms with van der Waals surface area (Å²) < 4.78 is 11.5. The second kappa shape index (κ2) is 10.2. The lowest BCUT2D eigenvalue weighted by Crippen LogP contribution is -2.27. The SMILES string of the molecule is COc1cc(CNC2CCCCCC2)ccc1OCc1ccc(Cl)c(Cl)c1. The van der Waals surface area contributed by atoms with Gasteiger partial charge in [0.05, 0.1) is 17.2 Å². The van der Waals surface area contributed by atoms with Crippen molar-refractivity contribution in [3.8, 4) is 11.5 Å². The second-order valence-corrected chi connectivity index (χ2v) is 7.91. The molecule has 0 spiro atoms. The fourth-order valence-electron chi connectivity index (χ4n) is 3.48. The minimum Gasteiger partial charge on any atom is -0.493 e. The number of benzene rings is 2. The van der Waals surface area contributed by atoms with E-state index in [1.807, 2.05) is 24.3 Å². The van der Waals surface area contributed by atoms with Crippen LogP contribution in [-0.2, 0) is 13.2 Å². The molecule has 2 aromatic rings. The molecule has 1 saturated carbocycles. The summed E-state index contributed by atoms with van der Waals surface area (Å²) in [5.74, 6) is 1.47. The Morgan fingerprint density at radius 3 is 2.33 bits per heavy atom. The predicted octanol–water partition coefficient (Wildman–Crippen LogP) is 6.39. The molecular formula is C22H27Cl2NO2. The Hall–Kier alpha value is -1.42. The fraction of sp³-hybridized carbons (Fsp3) is 0.455. The molecule has 0 unspecified atom stereocenters. The molecule has 5 heteroatoms. The molecule has 0 bridgehead atoms. The summed E-state index contributed by atoms with van der Waals surface area (Å²) in [5, 5.41) is 4.77. The zero-order valence-corrected chi connectivity index (χ0v) is 17.3. The van der Waals surface area contributed by atoms with Crippen LogP contribution in [0.3, 0.4) is 0 Å². The van der Waals surface area contributed by atoms with E-state index < -0.39 is 0 Å². The van der Waals surface area contributed by atoms with E-state index in [1.54, 1.807) is 13.2 Å². The van der Waals surface area contributed by atoms with Crippen LogP contribution < -0.4 is 14.8 Å². The molecule has 0 amide bonds. The maximum atomic E-state index is 6.06. The van der Waals surface area contributed by atoms with Gasteiger partial charge in [-0.3, -0.25) is 0 Å². The van der Waals surface area contributed by atoms with Gasteiger partial charge >= 0.3 is 0 Å². The van der Waals surface area contributed by atoms with Gasteiger partial charge in [-0.25, -0.2) is 0 Å². The Bertz CT molecular complexity index is 743. The third-order valence-electron chi connectivity index (χ3n) is 5.06. The Morgan fingerprint density at radius 2 is 1.63 bits per heavy atom. The number of nitrogens with one attached hydrogen (secondary N) is 1. The first-order valence-electron chi connectivity index (χ1n) is 9.63. The van der Waals surface area contributed by atoms with Crippen molar-refractivity contribution < 1.29 is 9.47 Å². The predicted molar refractivity (Wildman–Crippen MR) is 112 cm³/mol. The highest BCUT2D eigenvalue weighted by Gasteiger charge is 2.12. The molecule has 0 heterocycles. The Labute approximate surface area is 172 Å². The Balaban J connectivity index is 1.58. The van der Waals surface area contributed by atoms with Gasteiger partial charge in [-0.2, -0.15) is 0 Å². The average molecular weight is 408 g/mol. The van der Waals surface area contributed by atoms with E-state index in [-0.39, 0.29) is 0 Å². The van der Waals surface area contributed by atoms with Gasteiger partial charge in [-0.15, -0.1) is 0 Å². The summed E-state index contributed by atoms with van der Waals surface area (Å²) in [6.07, 6.45) is 7.97. The molecular weight excluding hydrogens is 381 g/mol. The van der Waals surface area contributed by atoms with E-state index in [1.165, 1.54) is 44.1 Å². The Kier molecular flexibility index (Phi) is 7.69. The quantitative estimate of drug-likeness (QED) is 0.538. The van der Waals surface area contributed by atoms with Gasteiger partial charge in [0.25, 0.3) is 0 Å². The largest absolute Gasteiger partial charge is 0.493 e. The van der Waals surface area contributed by atoms with Crippen LogP contribution >= 0.6 is 23.2 Å². The number of halogens is 2. The van der Waals surface area contributed by atoms with Crippen molar-refractivity contribution in [1.29, 1.82) is 0 Å². The van der Waals surface area contributed by atoms with E-state index in [0.29, 0.717) is 22.7 Å². The molecule has 27 heavy (non-hydrogen) atoms. The fourth-order valence-corrected chi connectivity index (χ4v) is 3.80. The smallest absolute Gasteiger partial charge is 0.161 e. The van der Waals surface area contributed by atoms with Crippen molar-refractivity contribution in [2.24, 2.45) is 0 Å². The molecule has 0 radical (unpaired) electrons. The normalized spacial score (nSPS) is 15.4. The minimum atomic E-state index is 0.410. The lowest BCUT2D eigenvalue weighted by molar-refractivity contribution is 0.284. The zero-order valence-electron chi connectivity index (χ0n) is 15.8. The summed E-state index contributed by atoms with van der Waals surface area (Å²) in [7, 11) is 1.67. The van der Waals surface area contributed by atoms with Crippen LogP contribution in [0.15, 0.2) is 36.4 Å². The molecule has 1 aliphatic carbocycles. The topological polar surface area (TPSA) is 30.5 Å². The molecule has 1 N–H and O–H groups in total. The van der Waals surface area contributed by atoms with E-state index in [4.69, 9.17) is 32.7 Å². The van der Waals surface area contributed by atoms with Gasteiger partial charge in [0.2, 0.25) is 0 Å². The van der Waals surface area contributed by atoms with Gasteiger partial charge in [0.15, 0.2) is 11.5 Å². The first-order valence-corrected chi connectivity index (χ1v) is 10.4. The van der Waals surface area contributed by atoms with Gasteiger partial charge in [0, 0.05) is 12.6 Å². The van der Waals surface area contributed by atoms with Crippen molar-refractivity contribution in [3.63, 3.8) is 0 Å². The maximum absolute atomic E-state index is 6.06. The molecule has 146 valence electrons.